The highest BCUT2D eigenvalue weighted by Gasteiger charge is 2.19. The van der Waals surface area contributed by atoms with Crippen molar-refractivity contribution in [3.05, 3.63) is 28.8 Å². The first-order valence-electron chi connectivity index (χ1n) is 7.16. The number of nitrogens with one attached hydrogen (secondary N) is 1. The summed E-state index contributed by atoms with van der Waals surface area (Å²) in [6.07, 6.45) is 0. The Morgan fingerprint density at radius 3 is 2.70 bits per heavy atom. The highest BCUT2D eigenvalue weighted by atomic mass is 35.5. The number of hydrogen-bond donors (Lipinski definition) is 1. The molecule has 1 fully saturated rings. The minimum atomic E-state index is -0.648. The molecule has 5 heteroatoms. The van der Waals surface area contributed by atoms with Crippen molar-refractivity contribution in [2.24, 2.45) is 5.92 Å². The quantitative estimate of drug-likeness (QED) is 0.907. The monoisotopic (exact) mass is 314 g/mol. The number of halogens is 1. The summed E-state index contributed by atoms with van der Waals surface area (Å²) < 4.78 is 11.5. The van der Waals surface area contributed by atoms with Crippen LogP contribution in [0, 0.1) is 5.92 Å². The second kappa shape index (κ2) is 7.43. The third-order valence-corrected chi connectivity index (χ3v) is 5.10. The standard InChI is InChI=1S/C15H23ClN2OS/c1-12(2)10-17-11-13-14(16)4-3-5-15(13)18-6-8-20(19)9-7-18/h3-5,12,17H,6-11H2,1-2H3. The van der Waals surface area contributed by atoms with Gasteiger partial charge in [-0.05, 0) is 24.6 Å². The van der Waals surface area contributed by atoms with Crippen molar-refractivity contribution in [1.82, 2.24) is 5.32 Å². The SMILES string of the molecule is CC(C)CNCc1c(Cl)cccc1N1CCS(=O)CC1. The molecule has 0 aromatic heterocycles. The predicted molar refractivity (Wildman–Crippen MR) is 88.1 cm³/mol. The molecule has 3 nitrogen and oxygen atoms in total. The molecule has 0 saturated carbocycles. The van der Waals surface area contributed by atoms with Gasteiger partial charge in [-0.25, -0.2) is 0 Å². The summed E-state index contributed by atoms with van der Waals surface area (Å²) in [7, 11) is -0.648. The second-order valence-corrected chi connectivity index (χ2v) is 7.70. The van der Waals surface area contributed by atoms with Crippen molar-refractivity contribution < 1.29 is 4.21 Å². The zero-order valence-corrected chi connectivity index (χ0v) is 13.8. The molecule has 0 bridgehead atoms. The maximum Gasteiger partial charge on any atom is 0.0471 e. The molecule has 1 aromatic carbocycles. The Kier molecular flexibility index (Phi) is 5.87. The van der Waals surface area contributed by atoms with Gasteiger partial charge in [0.2, 0.25) is 0 Å². The molecule has 0 unspecified atom stereocenters. The summed E-state index contributed by atoms with van der Waals surface area (Å²) in [5, 5.41) is 4.27. The van der Waals surface area contributed by atoms with Gasteiger partial charge >= 0.3 is 0 Å². The van der Waals surface area contributed by atoms with Gasteiger partial charge in [0.1, 0.15) is 0 Å². The van der Waals surface area contributed by atoms with Crippen LogP contribution < -0.4 is 10.2 Å². The number of benzene rings is 1. The lowest BCUT2D eigenvalue weighted by Crippen LogP contribution is -2.38. The molecule has 1 aromatic rings. The first kappa shape index (κ1) is 15.8. The van der Waals surface area contributed by atoms with E-state index in [1.54, 1.807) is 0 Å². The van der Waals surface area contributed by atoms with Gasteiger partial charge in [-0.1, -0.05) is 31.5 Å². The van der Waals surface area contributed by atoms with E-state index in [0.29, 0.717) is 5.92 Å². The number of nitrogens with zero attached hydrogens (tertiary/aromatic N) is 1. The summed E-state index contributed by atoms with van der Waals surface area (Å²) >= 11 is 6.37. The van der Waals surface area contributed by atoms with Gasteiger partial charge in [0.25, 0.3) is 0 Å². The van der Waals surface area contributed by atoms with Crippen molar-refractivity contribution in [3.63, 3.8) is 0 Å². The van der Waals surface area contributed by atoms with E-state index in [1.807, 2.05) is 12.1 Å². The van der Waals surface area contributed by atoms with Crippen LogP contribution >= 0.6 is 11.6 Å². The van der Waals surface area contributed by atoms with Crippen LogP contribution in [-0.2, 0) is 17.3 Å². The Bertz CT molecular complexity index is 469. The molecule has 0 aliphatic carbocycles. The minimum Gasteiger partial charge on any atom is -0.369 e. The Balaban J connectivity index is 2.11. The summed E-state index contributed by atoms with van der Waals surface area (Å²) in [5.41, 5.74) is 2.34. The summed E-state index contributed by atoms with van der Waals surface area (Å²) in [6.45, 7) is 7.86. The Morgan fingerprint density at radius 2 is 2.05 bits per heavy atom. The highest BCUT2D eigenvalue weighted by Crippen LogP contribution is 2.28. The van der Waals surface area contributed by atoms with Gasteiger partial charge in [0.05, 0.1) is 0 Å². The predicted octanol–water partition coefficient (Wildman–Crippen LogP) is 2.65. The van der Waals surface area contributed by atoms with Gasteiger partial charge < -0.3 is 10.2 Å². The molecule has 1 aliphatic heterocycles. The molecule has 1 heterocycles. The molecule has 0 radical (unpaired) electrons. The van der Waals surface area contributed by atoms with Crippen LogP contribution in [0.4, 0.5) is 5.69 Å². The number of hydrogen-bond acceptors (Lipinski definition) is 3. The second-order valence-electron chi connectivity index (χ2n) is 5.60. The van der Waals surface area contributed by atoms with Crippen LogP contribution in [0.5, 0.6) is 0 Å². The van der Waals surface area contributed by atoms with Crippen molar-refractivity contribution >= 4 is 28.1 Å². The van der Waals surface area contributed by atoms with Crippen molar-refractivity contribution in [3.8, 4) is 0 Å². The van der Waals surface area contributed by atoms with Crippen LogP contribution in [0.3, 0.4) is 0 Å². The van der Waals surface area contributed by atoms with Gasteiger partial charge in [0, 0.05) is 58.2 Å². The van der Waals surface area contributed by atoms with Crippen molar-refractivity contribution in [2.75, 3.05) is 36.0 Å². The molecule has 112 valence electrons. The maximum absolute atomic E-state index is 11.5. The fourth-order valence-corrected chi connectivity index (χ4v) is 3.67. The number of rotatable bonds is 5. The smallest absolute Gasteiger partial charge is 0.0471 e. The van der Waals surface area contributed by atoms with E-state index in [0.717, 1.165) is 48.3 Å². The van der Waals surface area contributed by atoms with Gasteiger partial charge in [-0.15, -0.1) is 0 Å². The van der Waals surface area contributed by atoms with E-state index in [9.17, 15) is 4.21 Å². The van der Waals surface area contributed by atoms with E-state index in [-0.39, 0.29) is 0 Å². The van der Waals surface area contributed by atoms with Crippen LogP contribution in [-0.4, -0.2) is 35.3 Å². The average molecular weight is 315 g/mol. The molecule has 2 rings (SSSR count). The Labute approximate surface area is 129 Å². The number of anilines is 1. The molecular weight excluding hydrogens is 292 g/mol. The molecule has 20 heavy (non-hydrogen) atoms. The topological polar surface area (TPSA) is 32.3 Å². The lowest BCUT2D eigenvalue weighted by molar-refractivity contribution is 0.552. The van der Waals surface area contributed by atoms with Crippen molar-refractivity contribution in [2.45, 2.75) is 20.4 Å². The normalized spacial score (nSPS) is 16.9. The van der Waals surface area contributed by atoms with Crippen LogP contribution in [0.15, 0.2) is 18.2 Å². The molecule has 0 atom stereocenters. The fourth-order valence-electron chi connectivity index (χ4n) is 2.38. The van der Waals surface area contributed by atoms with Crippen molar-refractivity contribution in [1.29, 1.82) is 0 Å². The molecular formula is C15H23ClN2OS. The fraction of sp³-hybridized carbons (Fsp3) is 0.600. The first-order valence-corrected chi connectivity index (χ1v) is 9.02. The molecule has 0 spiro atoms. The van der Waals surface area contributed by atoms with Crippen LogP contribution in [0.2, 0.25) is 5.02 Å². The molecule has 1 aliphatic rings. The van der Waals surface area contributed by atoms with E-state index in [2.05, 4.69) is 30.1 Å². The van der Waals surface area contributed by atoms with E-state index < -0.39 is 10.8 Å². The summed E-state index contributed by atoms with van der Waals surface area (Å²) in [5.74, 6) is 2.13. The average Bonchev–Trinajstić information content (AvgIpc) is 2.41. The third kappa shape index (κ3) is 4.21. The van der Waals surface area contributed by atoms with E-state index in [4.69, 9.17) is 11.6 Å². The van der Waals surface area contributed by atoms with E-state index >= 15 is 0 Å². The zero-order valence-electron chi connectivity index (χ0n) is 12.2. The van der Waals surface area contributed by atoms with Gasteiger partial charge in [-0.2, -0.15) is 0 Å². The minimum absolute atomic E-state index is 0.623. The summed E-state index contributed by atoms with van der Waals surface area (Å²) in [6, 6.07) is 6.06. The van der Waals surface area contributed by atoms with Gasteiger partial charge in [-0.3, -0.25) is 4.21 Å². The Hall–Kier alpha value is -0.580. The van der Waals surface area contributed by atoms with E-state index in [1.165, 1.54) is 5.69 Å². The molecule has 0 amide bonds. The Morgan fingerprint density at radius 1 is 1.35 bits per heavy atom. The lowest BCUT2D eigenvalue weighted by atomic mass is 10.1. The third-order valence-electron chi connectivity index (χ3n) is 3.47. The molecule has 1 saturated heterocycles. The first-order chi connectivity index (χ1) is 9.58. The maximum atomic E-state index is 11.5. The van der Waals surface area contributed by atoms with Crippen LogP contribution in [0.1, 0.15) is 19.4 Å². The molecule has 1 N–H and O–H groups in total. The zero-order chi connectivity index (χ0) is 14.5. The van der Waals surface area contributed by atoms with Gasteiger partial charge in [0.15, 0.2) is 0 Å². The highest BCUT2D eigenvalue weighted by molar-refractivity contribution is 7.85. The summed E-state index contributed by atoms with van der Waals surface area (Å²) in [4.78, 5) is 2.31. The van der Waals surface area contributed by atoms with Crippen LogP contribution in [0.25, 0.3) is 0 Å². The largest absolute Gasteiger partial charge is 0.369 e. The lowest BCUT2D eigenvalue weighted by Gasteiger charge is -2.30.